The van der Waals surface area contributed by atoms with Crippen molar-refractivity contribution >= 4 is 11.7 Å². The number of carbonyl (C=O) groups excluding carboxylic acids is 1. The summed E-state index contributed by atoms with van der Waals surface area (Å²) in [5.41, 5.74) is 1.09. The minimum Gasteiger partial charge on any atom is -0.314 e. The number of halogens is 1. The van der Waals surface area contributed by atoms with Crippen LogP contribution in [0.5, 0.6) is 0 Å². The van der Waals surface area contributed by atoms with Gasteiger partial charge in [-0.15, -0.1) is 0 Å². The number of piperidine rings is 1. The Labute approximate surface area is 156 Å². The molecule has 4 rings (SSSR count). The lowest BCUT2D eigenvalue weighted by atomic mass is 10.0. The number of rotatable bonds is 3. The fourth-order valence-electron chi connectivity index (χ4n) is 3.35. The van der Waals surface area contributed by atoms with Crippen LogP contribution in [0.3, 0.4) is 0 Å². The lowest BCUT2D eigenvalue weighted by Crippen LogP contribution is -2.41. The highest BCUT2D eigenvalue weighted by Crippen LogP contribution is 2.30. The van der Waals surface area contributed by atoms with E-state index in [2.05, 4.69) is 20.5 Å². The minimum absolute atomic E-state index is 0.175. The Morgan fingerprint density at radius 1 is 1.11 bits per heavy atom. The number of likely N-dealkylation sites (tertiary alicyclic amines) is 1. The Morgan fingerprint density at radius 3 is 2.70 bits per heavy atom. The van der Waals surface area contributed by atoms with E-state index in [1.54, 1.807) is 23.1 Å². The van der Waals surface area contributed by atoms with E-state index in [1.807, 2.05) is 30.3 Å². The maximum absolute atomic E-state index is 13.9. The molecule has 27 heavy (non-hydrogen) atoms. The van der Waals surface area contributed by atoms with Gasteiger partial charge in [0.1, 0.15) is 11.6 Å². The number of hydrogen-bond acceptors (Lipinski definition) is 3. The molecule has 2 N–H and O–H groups in total. The molecule has 0 spiro atoms. The molecule has 7 heteroatoms. The van der Waals surface area contributed by atoms with Crippen LogP contribution in [0.25, 0.3) is 11.4 Å². The summed E-state index contributed by atoms with van der Waals surface area (Å²) < 4.78 is 13.9. The normalized spacial score (nSPS) is 16.9. The number of hydrogen-bond donors (Lipinski definition) is 2. The first-order valence-electron chi connectivity index (χ1n) is 9.02. The summed E-state index contributed by atoms with van der Waals surface area (Å²) in [6, 6.07) is 15.3. The van der Waals surface area contributed by atoms with Crippen LogP contribution < -0.4 is 5.32 Å². The molecule has 0 bridgehead atoms. The summed E-state index contributed by atoms with van der Waals surface area (Å²) in [4.78, 5) is 19.1. The van der Waals surface area contributed by atoms with Gasteiger partial charge in [-0.3, -0.25) is 5.10 Å². The average Bonchev–Trinajstić information content (AvgIpc) is 3.20. The third kappa shape index (κ3) is 3.67. The molecule has 2 amide bonds. The lowest BCUT2D eigenvalue weighted by molar-refractivity contribution is 0.159. The molecule has 1 saturated heterocycles. The molecule has 2 aromatic carbocycles. The highest BCUT2D eigenvalue weighted by molar-refractivity contribution is 5.89. The molecule has 0 aliphatic carbocycles. The molecule has 1 aromatic heterocycles. The maximum Gasteiger partial charge on any atom is 0.322 e. The Morgan fingerprint density at radius 2 is 1.89 bits per heavy atom. The predicted molar refractivity (Wildman–Crippen MR) is 101 cm³/mol. The van der Waals surface area contributed by atoms with E-state index in [-0.39, 0.29) is 17.8 Å². The molecule has 1 fully saturated rings. The zero-order valence-corrected chi connectivity index (χ0v) is 14.7. The fourth-order valence-corrected chi connectivity index (χ4v) is 3.35. The Bertz CT molecular complexity index is 927. The maximum atomic E-state index is 13.9. The van der Waals surface area contributed by atoms with Gasteiger partial charge in [-0.1, -0.05) is 42.5 Å². The van der Waals surface area contributed by atoms with Gasteiger partial charge in [0.2, 0.25) is 0 Å². The van der Waals surface area contributed by atoms with Crippen LogP contribution in [0.1, 0.15) is 31.1 Å². The zero-order chi connectivity index (χ0) is 18.6. The third-order valence-corrected chi connectivity index (χ3v) is 4.73. The summed E-state index contributed by atoms with van der Waals surface area (Å²) in [5, 5.41) is 9.94. The standard InChI is InChI=1S/C20H20FN5O/c21-15-10-4-5-11-16(15)22-20(27)26-13-7-6-12-17(26)19-23-18(24-25-19)14-8-2-1-3-9-14/h1-5,8-11,17H,6-7,12-13H2,(H,22,27)(H,23,24,25). The number of aromatic nitrogens is 3. The monoisotopic (exact) mass is 365 g/mol. The summed E-state index contributed by atoms with van der Waals surface area (Å²) in [6.45, 7) is 0.590. The molecule has 2 heterocycles. The van der Waals surface area contributed by atoms with E-state index in [0.717, 1.165) is 24.8 Å². The van der Waals surface area contributed by atoms with Gasteiger partial charge < -0.3 is 10.2 Å². The second kappa shape index (κ2) is 7.57. The van der Waals surface area contributed by atoms with Crippen LogP contribution in [0.4, 0.5) is 14.9 Å². The minimum atomic E-state index is -0.453. The second-order valence-electron chi connectivity index (χ2n) is 6.53. The van der Waals surface area contributed by atoms with Crippen LogP contribution in [-0.2, 0) is 0 Å². The number of aromatic amines is 1. The molecule has 1 aliphatic rings. The predicted octanol–water partition coefficient (Wildman–Crippen LogP) is 4.37. The Kier molecular flexibility index (Phi) is 4.82. The SMILES string of the molecule is O=C(Nc1ccccc1F)N1CCCCC1c1nc(-c2ccccc2)n[nH]1. The largest absolute Gasteiger partial charge is 0.322 e. The number of urea groups is 1. The van der Waals surface area contributed by atoms with Crippen molar-refractivity contribution in [2.24, 2.45) is 0 Å². The Hall–Kier alpha value is -3.22. The van der Waals surface area contributed by atoms with E-state index >= 15 is 0 Å². The second-order valence-corrected chi connectivity index (χ2v) is 6.53. The number of nitrogens with zero attached hydrogens (tertiary/aromatic N) is 3. The lowest BCUT2D eigenvalue weighted by Gasteiger charge is -2.34. The topological polar surface area (TPSA) is 73.9 Å². The number of H-pyrrole nitrogens is 1. The number of carbonyl (C=O) groups is 1. The first kappa shape index (κ1) is 17.2. The summed E-state index contributed by atoms with van der Waals surface area (Å²) >= 11 is 0. The summed E-state index contributed by atoms with van der Waals surface area (Å²) in [6.07, 6.45) is 2.69. The van der Waals surface area contributed by atoms with Gasteiger partial charge >= 0.3 is 6.03 Å². The van der Waals surface area contributed by atoms with Gasteiger partial charge in [0.25, 0.3) is 0 Å². The molecule has 0 saturated carbocycles. The number of amides is 2. The van der Waals surface area contributed by atoms with Crippen LogP contribution in [0.15, 0.2) is 54.6 Å². The molecular formula is C20H20FN5O. The summed E-state index contributed by atoms with van der Waals surface area (Å²) in [7, 11) is 0. The van der Waals surface area contributed by atoms with E-state index in [9.17, 15) is 9.18 Å². The zero-order valence-electron chi connectivity index (χ0n) is 14.7. The number of benzene rings is 2. The number of nitrogens with one attached hydrogen (secondary N) is 2. The molecule has 1 atom stereocenters. The van der Waals surface area contributed by atoms with Crippen LogP contribution in [0, 0.1) is 5.82 Å². The van der Waals surface area contributed by atoms with Gasteiger partial charge in [-0.05, 0) is 31.4 Å². The molecule has 6 nitrogen and oxygen atoms in total. The van der Waals surface area contributed by atoms with Crippen molar-refractivity contribution in [3.05, 3.63) is 66.2 Å². The Balaban J connectivity index is 1.55. The van der Waals surface area contributed by atoms with Crippen LogP contribution in [-0.4, -0.2) is 32.7 Å². The van der Waals surface area contributed by atoms with Gasteiger partial charge in [0.15, 0.2) is 5.82 Å². The van der Waals surface area contributed by atoms with E-state index < -0.39 is 5.82 Å². The van der Waals surface area contributed by atoms with Crippen molar-refractivity contribution in [2.75, 3.05) is 11.9 Å². The third-order valence-electron chi connectivity index (χ3n) is 4.73. The number of anilines is 1. The molecule has 1 aliphatic heterocycles. The van der Waals surface area contributed by atoms with Crippen LogP contribution in [0.2, 0.25) is 0 Å². The van der Waals surface area contributed by atoms with E-state index in [0.29, 0.717) is 18.2 Å². The van der Waals surface area contributed by atoms with Crippen molar-refractivity contribution in [1.82, 2.24) is 20.1 Å². The van der Waals surface area contributed by atoms with Gasteiger partial charge in [-0.25, -0.2) is 14.2 Å². The molecule has 3 aromatic rings. The van der Waals surface area contributed by atoms with Crippen molar-refractivity contribution < 1.29 is 9.18 Å². The van der Waals surface area contributed by atoms with Gasteiger partial charge in [0, 0.05) is 12.1 Å². The average molecular weight is 365 g/mol. The number of para-hydroxylation sites is 1. The molecule has 1 unspecified atom stereocenters. The smallest absolute Gasteiger partial charge is 0.314 e. The highest BCUT2D eigenvalue weighted by Gasteiger charge is 2.31. The van der Waals surface area contributed by atoms with E-state index in [4.69, 9.17) is 0 Å². The first-order valence-corrected chi connectivity index (χ1v) is 9.02. The molecule has 0 radical (unpaired) electrons. The van der Waals surface area contributed by atoms with Crippen LogP contribution >= 0.6 is 0 Å². The van der Waals surface area contributed by atoms with Crippen molar-refractivity contribution in [2.45, 2.75) is 25.3 Å². The van der Waals surface area contributed by atoms with Gasteiger partial charge in [0.05, 0.1) is 11.7 Å². The quantitative estimate of drug-likeness (QED) is 0.724. The van der Waals surface area contributed by atoms with Gasteiger partial charge in [-0.2, -0.15) is 5.10 Å². The van der Waals surface area contributed by atoms with Crippen molar-refractivity contribution in [3.63, 3.8) is 0 Å². The van der Waals surface area contributed by atoms with Crippen molar-refractivity contribution in [3.8, 4) is 11.4 Å². The first-order chi connectivity index (χ1) is 13.2. The highest BCUT2D eigenvalue weighted by atomic mass is 19.1. The van der Waals surface area contributed by atoms with E-state index in [1.165, 1.54) is 6.07 Å². The fraction of sp³-hybridized carbons (Fsp3) is 0.250. The van der Waals surface area contributed by atoms with Crippen molar-refractivity contribution in [1.29, 1.82) is 0 Å². The molecular weight excluding hydrogens is 345 g/mol. The molecule has 138 valence electrons. The summed E-state index contributed by atoms with van der Waals surface area (Å²) in [5.74, 6) is 0.799.